The van der Waals surface area contributed by atoms with E-state index >= 15 is 0 Å². The Labute approximate surface area is 186 Å². The second-order valence-corrected chi connectivity index (χ2v) is 7.91. The van der Waals surface area contributed by atoms with Gasteiger partial charge in [0.1, 0.15) is 0 Å². The molecule has 1 unspecified atom stereocenters. The molecule has 1 aliphatic rings. The number of carboxylic acid groups (broad SMARTS) is 2. The number of hydrogen-bond acceptors (Lipinski definition) is 8. The molecule has 1 fully saturated rings. The first kappa shape index (κ1) is 25.7. The van der Waals surface area contributed by atoms with Crippen LogP contribution in [0.5, 0.6) is 0 Å². The molecule has 178 valence electrons. The van der Waals surface area contributed by atoms with E-state index in [0.717, 1.165) is 5.56 Å². The largest absolute Gasteiger partial charge is 0.480 e. The number of amides is 1. The van der Waals surface area contributed by atoms with Crippen LogP contribution < -0.4 is 5.32 Å². The highest BCUT2D eigenvalue weighted by Gasteiger charge is 2.27. The van der Waals surface area contributed by atoms with Gasteiger partial charge in [0.2, 0.25) is 0 Å². The Morgan fingerprint density at radius 3 is 2.09 bits per heavy atom. The molecule has 0 aromatic heterocycles. The average molecular weight is 453 g/mol. The number of benzene rings is 1. The molecule has 0 spiro atoms. The molecule has 1 atom stereocenters. The molecule has 0 radical (unpaired) electrons. The molecule has 2 rings (SSSR count). The van der Waals surface area contributed by atoms with E-state index in [1.54, 1.807) is 29.0 Å². The van der Waals surface area contributed by atoms with Crippen molar-refractivity contribution in [3.05, 3.63) is 35.4 Å². The topological polar surface area (TPSA) is 154 Å². The van der Waals surface area contributed by atoms with Gasteiger partial charge < -0.3 is 25.7 Å². The fraction of sp³-hybridized carbons (Fsp3) is 0.571. The summed E-state index contributed by atoms with van der Waals surface area (Å²) in [4.78, 5) is 39.7. The van der Waals surface area contributed by atoms with Gasteiger partial charge in [0.25, 0.3) is 5.91 Å². The van der Waals surface area contributed by atoms with Crippen molar-refractivity contribution >= 4 is 17.8 Å². The molecule has 0 bridgehead atoms. The molecule has 5 N–H and O–H groups in total. The van der Waals surface area contributed by atoms with Crippen LogP contribution in [0.1, 0.15) is 15.9 Å². The summed E-state index contributed by atoms with van der Waals surface area (Å²) in [6.07, 6.45) is -1.09. The molecule has 1 aromatic carbocycles. The number of rotatable bonds is 9. The number of aliphatic hydroxyl groups excluding tert-OH is 1. The Balaban J connectivity index is 2.27. The van der Waals surface area contributed by atoms with Gasteiger partial charge in [0.05, 0.1) is 13.1 Å². The molecule has 1 aromatic rings. The van der Waals surface area contributed by atoms with Crippen molar-refractivity contribution in [3.63, 3.8) is 0 Å². The Morgan fingerprint density at radius 2 is 1.53 bits per heavy atom. The Morgan fingerprint density at radius 1 is 0.969 bits per heavy atom. The van der Waals surface area contributed by atoms with Crippen LogP contribution in [-0.4, -0.2) is 125 Å². The quantitative estimate of drug-likeness (QED) is 0.276. The molecule has 11 heteroatoms. The molecule has 11 nitrogen and oxygen atoms in total. The Kier molecular flexibility index (Phi) is 10.0. The number of nitrogens with zero attached hydrogens (tertiary/aromatic N) is 3. The normalized spacial score (nSPS) is 19.2. The summed E-state index contributed by atoms with van der Waals surface area (Å²) in [6, 6.07) is 6.81. The molecular formula is C21H32N4O7. The monoisotopic (exact) mass is 452 g/mol. The third kappa shape index (κ3) is 8.52. The van der Waals surface area contributed by atoms with Crippen molar-refractivity contribution in [1.29, 1.82) is 0 Å². The fourth-order valence-corrected chi connectivity index (χ4v) is 3.89. The summed E-state index contributed by atoms with van der Waals surface area (Å²) in [5.41, 5.74) is 1.43. The SMILES string of the molecule is CNC(=O)c1ccc(CC2CN(CC(=O)O)CCN(CC(=O)O)CCN2CC(O)O)cc1. The summed E-state index contributed by atoms with van der Waals surface area (Å²) >= 11 is 0. The summed E-state index contributed by atoms with van der Waals surface area (Å²) in [5, 5.41) is 40.3. The molecule has 0 aliphatic carbocycles. The first-order chi connectivity index (χ1) is 15.2. The maximum atomic E-state index is 11.8. The minimum atomic E-state index is -1.59. The first-order valence-electron chi connectivity index (χ1n) is 10.5. The van der Waals surface area contributed by atoms with Crippen LogP contribution in [0.25, 0.3) is 0 Å². The Bertz CT molecular complexity index is 772. The third-order valence-electron chi connectivity index (χ3n) is 5.45. The van der Waals surface area contributed by atoms with Crippen molar-refractivity contribution in [3.8, 4) is 0 Å². The first-order valence-corrected chi connectivity index (χ1v) is 10.5. The van der Waals surface area contributed by atoms with Crippen molar-refractivity contribution in [2.75, 3.05) is 59.4 Å². The highest BCUT2D eigenvalue weighted by Crippen LogP contribution is 2.15. The molecule has 1 amide bonds. The molecule has 1 heterocycles. The van der Waals surface area contributed by atoms with Gasteiger partial charge in [-0.3, -0.25) is 29.1 Å². The fourth-order valence-electron chi connectivity index (χ4n) is 3.89. The van der Waals surface area contributed by atoms with E-state index in [2.05, 4.69) is 5.32 Å². The molecule has 0 saturated carbocycles. The number of nitrogens with one attached hydrogen (secondary N) is 1. The van der Waals surface area contributed by atoms with Gasteiger partial charge in [-0.25, -0.2) is 0 Å². The lowest BCUT2D eigenvalue weighted by Crippen LogP contribution is -2.49. The second-order valence-electron chi connectivity index (χ2n) is 7.91. The van der Waals surface area contributed by atoms with E-state index < -0.39 is 18.2 Å². The third-order valence-corrected chi connectivity index (χ3v) is 5.45. The average Bonchev–Trinajstić information content (AvgIpc) is 2.78. The van der Waals surface area contributed by atoms with Gasteiger partial charge in [0.15, 0.2) is 6.29 Å². The zero-order valence-electron chi connectivity index (χ0n) is 18.2. The van der Waals surface area contributed by atoms with Crippen molar-refractivity contribution in [2.45, 2.75) is 18.8 Å². The van der Waals surface area contributed by atoms with Gasteiger partial charge >= 0.3 is 11.9 Å². The number of carbonyl (C=O) groups excluding carboxylic acids is 1. The van der Waals surface area contributed by atoms with E-state index in [-0.39, 0.29) is 31.6 Å². The minimum Gasteiger partial charge on any atom is -0.480 e. The zero-order valence-corrected chi connectivity index (χ0v) is 18.2. The summed E-state index contributed by atoms with van der Waals surface area (Å²) in [7, 11) is 1.55. The Hall–Kier alpha value is -2.57. The van der Waals surface area contributed by atoms with E-state index in [1.165, 1.54) is 0 Å². The van der Waals surface area contributed by atoms with E-state index in [9.17, 15) is 34.8 Å². The van der Waals surface area contributed by atoms with Gasteiger partial charge in [-0.05, 0) is 24.1 Å². The van der Waals surface area contributed by atoms with E-state index in [1.807, 2.05) is 17.0 Å². The smallest absolute Gasteiger partial charge is 0.317 e. The molecular weight excluding hydrogens is 420 g/mol. The number of aliphatic carboxylic acids is 2. The molecule has 1 saturated heterocycles. The molecule has 1 aliphatic heterocycles. The number of aliphatic hydroxyl groups is 2. The maximum Gasteiger partial charge on any atom is 0.317 e. The van der Waals surface area contributed by atoms with Crippen LogP contribution in [0.2, 0.25) is 0 Å². The summed E-state index contributed by atoms with van der Waals surface area (Å²) < 4.78 is 0. The predicted octanol–water partition coefficient (Wildman–Crippen LogP) is -1.64. The van der Waals surface area contributed by atoms with Crippen LogP contribution in [0.4, 0.5) is 0 Å². The lowest BCUT2D eigenvalue weighted by atomic mass is 10.0. The van der Waals surface area contributed by atoms with Crippen LogP contribution in [0.15, 0.2) is 24.3 Å². The van der Waals surface area contributed by atoms with Crippen molar-refractivity contribution < 1.29 is 34.8 Å². The number of hydrogen-bond donors (Lipinski definition) is 5. The molecule has 32 heavy (non-hydrogen) atoms. The second kappa shape index (κ2) is 12.5. The lowest BCUT2D eigenvalue weighted by molar-refractivity contribution is -0.140. The van der Waals surface area contributed by atoms with Crippen LogP contribution in [-0.2, 0) is 16.0 Å². The standard InChI is InChI=1S/C21H32N4O7/c1-22-21(32)16-4-2-15(3-5-16)10-17-11-24(13-19(28)29)7-6-23(12-18(26)27)8-9-25(17)14-20(30)31/h2-5,17,20,30-31H,6-14H2,1H3,(H,22,32)(H,26,27)(H,28,29). The van der Waals surface area contributed by atoms with Crippen molar-refractivity contribution in [2.24, 2.45) is 0 Å². The number of β-amino-alcohol motifs (C(OH)–C–C–N with tert-alkyl or cyclic N) is 2. The maximum absolute atomic E-state index is 11.8. The van der Waals surface area contributed by atoms with Crippen LogP contribution in [0, 0.1) is 0 Å². The predicted molar refractivity (Wildman–Crippen MR) is 115 cm³/mol. The summed E-state index contributed by atoms with van der Waals surface area (Å²) in [5.74, 6) is -2.16. The van der Waals surface area contributed by atoms with Crippen LogP contribution >= 0.6 is 0 Å². The lowest BCUT2D eigenvalue weighted by Gasteiger charge is -2.34. The zero-order chi connectivity index (χ0) is 23.7. The van der Waals surface area contributed by atoms with E-state index in [0.29, 0.717) is 44.7 Å². The summed E-state index contributed by atoms with van der Waals surface area (Å²) in [6.45, 7) is 1.48. The van der Waals surface area contributed by atoms with Gasteiger partial charge in [-0.2, -0.15) is 0 Å². The number of carbonyl (C=O) groups is 3. The van der Waals surface area contributed by atoms with Crippen molar-refractivity contribution in [1.82, 2.24) is 20.0 Å². The minimum absolute atomic E-state index is 0.0528. The highest BCUT2D eigenvalue weighted by atomic mass is 16.5. The van der Waals surface area contributed by atoms with Crippen LogP contribution in [0.3, 0.4) is 0 Å². The number of carboxylic acids is 2. The van der Waals surface area contributed by atoms with E-state index in [4.69, 9.17) is 0 Å². The van der Waals surface area contributed by atoms with Gasteiger partial charge in [0, 0.05) is 57.9 Å². The highest BCUT2D eigenvalue weighted by molar-refractivity contribution is 5.93. The van der Waals surface area contributed by atoms with Gasteiger partial charge in [-0.1, -0.05) is 12.1 Å². The van der Waals surface area contributed by atoms with Gasteiger partial charge in [-0.15, -0.1) is 0 Å².